The summed E-state index contributed by atoms with van der Waals surface area (Å²) in [6.45, 7) is -0.0617. The van der Waals surface area contributed by atoms with E-state index in [9.17, 15) is 14.9 Å². The Labute approximate surface area is 96.8 Å². The minimum Gasteiger partial charge on any atom is -0.368 e. The summed E-state index contributed by atoms with van der Waals surface area (Å²) in [5.41, 5.74) is 5.06. The van der Waals surface area contributed by atoms with Crippen molar-refractivity contribution in [2.45, 2.75) is 0 Å². The quantitative estimate of drug-likeness (QED) is 0.518. The predicted octanol–water partition coefficient (Wildman–Crippen LogP) is -0.851. The Bertz CT molecular complexity index is 449. The highest BCUT2D eigenvalue weighted by molar-refractivity contribution is 5.81. The number of likely N-dealkylation sites (N-methyl/N-ethyl adjacent to an activating group) is 2. The highest BCUT2D eigenvalue weighted by Gasteiger charge is 2.21. The third-order valence-electron chi connectivity index (χ3n) is 1.99. The molecule has 1 amide bonds. The van der Waals surface area contributed by atoms with E-state index in [2.05, 4.69) is 15.3 Å². The molecule has 0 aliphatic rings. The first-order valence-electron chi connectivity index (χ1n) is 4.64. The molecule has 1 rings (SSSR count). The van der Waals surface area contributed by atoms with Gasteiger partial charge in [-0.3, -0.25) is 14.9 Å². The number of nitrogens with two attached hydrogens (primary N) is 1. The average molecular weight is 240 g/mol. The molecule has 3 N–H and O–H groups in total. The molecule has 1 heterocycles. The number of rotatable bonds is 4. The molecule has 0 atom stereocenters. The van der Waals surface area contributed by atoms with Crippen LogP contribution in [0.25, 0.3) is 0 Å². The van der Waals surface area contributed by atoms with Gasteiger partial charge in [-0.1, -0.05) is 0 Å². The number of nitrogens with one attached hydrogen (secondary N) is 1. The Morgan fingerprint density at radius 3 is 2.88 bits per heavy atom. The SMILES string of the molecule is CNC(=O)CN(C)c1nc(N)ncc1[N+](=O)[O-]. The topological polar surface area (TPSA) is 127 Å². The molecule has 0 bridgehead atoms. The lowest BCUT2D eigenvalue weighted by Gasteiger charge is -2.16. The van der Waals surface area contributed by atoms with Crippen molar-refractivity contribution in [3.63, 3.8) is 0 Å². The van der Waals surface area contributed by atoms with E-state index in [1.807, 2.05) is 0 Å². The third kappa shape index (κ3) is 3.00. The summed E-state index contributed by atoms with van der Waals surface area (Å²) < 4.78 is 0. The number of aromatic nitrogens is 2. The molecule has 0 unspecified atom stereocenters. The smallest absolute Gasteiger partial charge is 0.329 e. The largest absolute Gasteiger partial charge is 0.368 e. The molecule has 0 saturated carbocycles. The van der Waals surface area contributed by atoms with E-state index in [0.29, 0.717) is 0 Å². The molecule has 0 spiro atoms. The fourth-order valence-electron chi connectivity index (χ4n) is 1.16. The van der Waals surface area contributed by atoms with Gasteiger partial charge in [0.05, 0.1) is 11.5 Å². The van der Waals surface area contributed by atoms with Crippen LogP contribution in [-0.2, 0) is 4.79 Å². The Hall–Kier alpha value is -2.45. The second kappa shape index (κ2) is 5.05. The lowest BCUT2D eigenvalue weighted by molar-refractivity contribution is -0.384. The van der Waals surface area contributed by atoms with Crippen molar-refractivity contribution in [3.8, 4) is 0 Å². The van der Waals surface area contributed by atoms with Crippen molar-refractivity contribution >= 4 is 23.4 Å². The summed E-state index contributed by atoms with van der Waals surface area (Å²) in [5.74, 6) is -0.376. The van der Waals surface area contributed by atoms with Gasteiger partial charge in [-0.15, -0.1) is 0 Å². The van der Waals surface area contributed by atoms with Crippen LogP contribution < -0.4 is 16.0 Å². The molecule has 1 aromatic rings. The molecule has 17 heavy (non-hydrogen) atoms. The number of hydrogen-bond acceptors (Lipinski definition) is 7. The molecule has 0 saturated heterocycles. The first-order chi connectivity index (χ1) is 7.95. The Balaban J connectivity index is 3.06. The van der Waals surface area contributed by atoms with E-state index in [1.54, 1.807) is 0 Å². The Morgan fingerprint density at radius 1 is 1.71 bits per heavy atom. The van der Waals surface area contributed by atoms with Crippen molar-refractivity contribution in [3.05, 3.63) is 16.3 Å². The number of nitro groups is 1. The number of anilines is 2. The van der Waals surface area contributed by atoms with Crippen LogP contribution in [0.5, 0.6) is 0 Å². The minimum atomic E-state index is -0.630. The van der Waals surface area contributed by atoms with E-state index in [0.717, 1.165) is 6.20 Å². The van der Waals surface area contributed by atoms with Gasteiger partial charge in [0, 0.05) is 14.1 Å². The van der Waals surface area contributed by atoms with Crippen LogP contribution in [0, 0.1) is 10.1 Å². The Kier molecular flexibility index (Phi) is 3.75. The molecule has 0 aromatic carbocycles. The van der Waals surface area contributed by atoms with Gasteiger partial charge in [0.15, 0.2) is 0 Å². The molecule has 0 fully saturated rings. The van der Waals surface area contributed by atoms with E-state index < -0.39 is 4.92 Å². The van der Waals surface area contributed by atoms with E-state index >= 15 is 0 Å². The second-order valence-electron chi connectivity index (χ2n) is 3.22. The van der Waals surface area contributed by atoms with Crippen LogP contribution in [0.15, 0.2) is 6.20 Å². The van der Waals surface area contributed by atoms with Gasteiger partial charge in [0.25, 0.3) is 0 Å². The normalized spacial score (nSPS) is 9.76. The number of nitrogens with zero attached hydrogens (tertiary/aromatic N) is 4. The zero-order valence-electron chi connectivity index (χ0n) is 9.38. The van der Waals surface area contributed by atoms with Crippen LogP contribution in [0.3, 0.4) is 0 Å². The lowest BCUT2D eigenvalue weighted by Crippen LogP contribution is -2.33. The highest BCUT2D eigenvalue weighted by atomic mass is 16.6. The molecule has 1 aromatic heterocycles. The summed E-state index contributed by atoms with van der Waals surface area (Å²) in [7, 11) is 2.98. The Morgan fingerprint density at radius 2 is 2.35 bits per heavy atom. The standard InChI is InChI=1S/C8H12N6O3/c1-10-6(15)4-13(2)7-5(14(16)17)3-11-8(9)12-7/h3H,4H2,1-2H3,(H,10,15)(H2,9,11,12). The van der Waals surface area contributed by atoms with Gasteiger partial charge < -0.3 is 16.0 Å². The van der Waals surface area contributed by atoms with Gasteiger partial charge in [0.2, 0.25) is 17.7 Å². The summed E-state index contributed by atoms with van der Waals surface area (Å²) in [6.07, 6.45) is 1.01. The van der Waals surface area contributed by atoms with Gasteiger partial charge >= 0.3 is 5.69 Å². The molecule has 92 valence electrons. The van der Waals surface area contributed by atoms with Crippen LogP contribution in [0.2, 0.25) is 0 Å². The fourth-order valence-corrected chi connectivity index (χ4v) is 1.16. The van der Waals surface area contributed by atoms with Crippen molar-refractivity contribution in [1.82, 2.24) is 15.3 Å². The van der Waals surface area contributed by atoms with Crippen molar-refractivity contribution in [1.29, 1.82) is 0 Å². The van der Waals surface area contributed by atoms with E-state index in [1.165, 1.54) is 19.0 Å². The third-order valence-corrected chi connectivity index (χ3v) is 1.99. The maximum Gasteiger partial charge on any atom is 0.329 e. The van der Waals surface area contributed by atoms with Gasteiger partial charge in [-0.05, 0) is 0 Å². The van der Waals surface area contributed by atoms with E-state index in [-0.39, 0.29) is 29.9 Å². The monoisotopic (exact) mass is 240 g/mol. The molecular weight excluding hydrogens is 228 g/mol. The maximum absolute atomic E-state index is 11.2. The zero-order chi connectivity index (χ0) is 13.0. The lowest BCUT2D eigenvalue weighted by atomic mass is 10.4. The highest BCUT2D eigenvalue weighted by Crippen LogP contribution is 2.23. The number of hydrogen-bond donors (Lipinski definition) is 2. The predicted molar refractivity (Wildman–Crippen MR) is 60.4 cm³/mol. The van der Waals surface area contributed by atoms with Gasteiger partial charge in [-0.2, -0.15) is 4.98 Å². The van der Waals surface area contributed by atoms with Crippen LogP contribution in [-0.4, -0.2) is 41.4 Å². The summed E-state index contributed by atoms with van der Waals surface area (Å²) >= 11 is 0. The number of carbonyl (C=O) groups is 1. The van der Waals surface area contributed by atoms with E-state index in [4.69, 9.17) is 5.73 Å². The summed E-state index contributed by atoms with van der Waals surface area (Å²) in [4.78, 5) is 29.9. The molecule has 0 aliphatic carbocycles. The summed E-state index contributed by atoms with van der Waals surface area (Å²) in [6, 6.07) is 0. The van der Waals surface area contributed by atoms with Crippen LogP contribution >= 0.6 is 0 Å². The fraction of sp³-hybridized carbons (Fsp3) is 0.375. The zero-order valence-corrected chi connectivity index (χ0v) is 9.38. The van der Waals surface area contributed by atoms with Crippen molar-refractivity contribution in [2.24, 2.45) is 0 Å². The molecule has 9 nitrogen and oxygen atoms in total. The van der Waals surface area contributed by atoms with Crippen LogP contribution in [0.1, 0.15) is 0 Å². The molecule has 9 heteroatoms. The molecule has 0 aliphatic heterocycles. The van der Waals surface area contributed by atoms with Crippen molar-refractivity contribution in [2.75, 3.05) is 31.3 Å². The maximum atomic E-state index is 11.2. The van der Waals surface area contributed by atoms with Crippen molar-refractivity contribution < 1.29 is 9.72 Å². The second-order valence-corrected chi connectivity index (χ2v) is 3.22. The van der Waals surface area contributed by atoms with Gasteiger partial charge in [0.1, 0.15) is 6.20 Å². The first kappa shape index (κ1) is 12.6. The number of carbonyl (C=O) groups excluding carboxylic acids is 1. The first-order valence-corrected chi connectivity index (χ1v) is 4.64. The number of nitrogen functional groups attached to an aromatic ring is 1. The molecule has 0 radical (unpaired) electrons. The number of amides is 1. The van der Waals surface area contributed by atoms with Crippen LogP contribution in [0.4, 0.5) is 17.5 Å². The average Bonchev–Trinajstić information content (AvgIpc) is 2.28. The minimum absolute atomic E-state index is 0.00565. The molecular formula is C8H12N6O3. The summed E-state index contributed by atoms with van der Waals surface area (Å²) in [5, 5.41) is 13.2. The van der Waals surface area contributed by atoms with Gasteiger partial charge in [-0.25, -0.2) is 4.98 Å².